The normalized spacial score (nSPS) is 13.0. The zero-order valence-electron chi connectivity index (χ0n) is 10.7. The molecule has 1 heterocycles. The van der Waals surface area contributed by atoms with E-state index in [4.69, 9.17) is 0 Å². The Morgan fingerprint density at radius 3 is 2.19 bits per heavy atom. The molecule has 1 aromatic rings. The molecule has 0 aliphatic heterocycles. The standard InChI is InChI=1S/C14H24N2/c1-4-6-14(7-5-2)16-12(3)13-8-10-15-11-9-13/h8-12,14,16H,4-7H2,1-3H3/t12-/m1/s1. The molecule has 0 saturated heterocycles. The van der Waals surface area contributed by atoms with E-state index in [1.165, 1.54) is 31.2 Å². The van der Waals surface area contributed by atoms with Crippen LogP contribution in [0.5, 0.6) is 0 Å². The van der Waals surface area contributed by atoms with Crippen LogP contribution in [0.25, 0.3) is 0 Å². The highest BCUT2D eigenvalue weighted by atomic mass is 14.9. The topological polar surface area (TPSA) is 24.9 Å². The van der Waals surface area contributed by atoms with Crippen LogP contribution in [0.4, 0.5) is 0 Å². The summed E-state index contributed by atoms with van der Waals surface area (Å²) in [6, 6.07) is 5.25. The van der Waals surface area contributed by atoms with Gasteiger partial charge in [-0.15, -0.1) is 0 Å². The van der Waals surface area contributed by atoms with Gasteiger partial charge in [0.15, 0.2) is 0 Å². The average molecular weight is 220 g/mol. The first-order valence-electron chi connectivity index (χ1n) is 6.43. The highest BCUT2D eigenvalue weighted by Crippen LogP contribution is 2.14. The smallest absolute Gasteiger partial charge is 0.0295 e. The molecule has 16 heavy (non-hydrogen) atoms. The van der Waals surface area contributed by atoms with Gasteiger partial charge in [-0.05, 0) is 37.5 Å². The van der Waals surface area contributed by atoms with Crippen LogP contribution >= 0.6 is 0 Å². The molecule has 1 rings (SSSR count). The Kier molecular flexibility index (Phi) is 6.09. The summed E-state index contributed by atoms with van der Waals surface area (Å²) < 4.78 is 0. The number of hydrogen-bond acceptors (Lipinski definition) is 2. The molecule has 2 nitrogen and oxygen atoms in total. The lowest BCUT2D eigenvalue weighted by molar-refractivity contribution is 0.402. The lowest BCUT2D eigenvalue weighted by atomic mass is 10.0. The fraction of sp³-hybridized carbons (Fsp3) is 0.643. The van der Waals surface area contributed by atoms with Gasteiger partial charge in [-0.3, -0.25) is 4.98 Å². The highest BCUT2D eigenvalue weighted by Gasteiger charge is 2.11. The number of aromatic nitrogens is 1. The SMILES string of the molecule is CCCC(CCC)N[C@H](C)c1ccncc1. The fourth-order valence-electron chi connectivity index (χ4n) is 2.11. The number of hydrogen-bond donors (Lipinski definition) is 1. The summed E-state index contributed by atoms with van der Waals surface area (Å²) in [6.45, 7) is 6.73. The molecule has 0 saturated carbocycles. The molecule has 90 valence electrons. The summed E-state index contributed by atoms with van der Waals surface area (Å²) in [7, 11) is 0. The van der Waals surface area contributed by atoms with Crippen molar-refractivity contribution in [3.05, 3.63) is 30.1 Å². The summed E-state index contributed by atoms with van der Waals surface area (Å²) in [5.74, 6) is 0. The van der Waals surface area contributed by atoms with Gasteiger partial charge in [-0.2, -0.15) is 0 Å². The first kappa shape index (κ1) is 13.2. The molecule has 1 atom stereocenters. The Labute approximate surface area is 99.5 Å². The molecule has 0 aliphatic rings. The lowest BCUT2D eigenvalue weighted by Crippen LogP contribution is -2.31. The van der Waals surface area contributed by atoms with Crippen LogP contribution in [0, 0.1) is 0 Å². The molecule has 1 aromatic heterocycles. The van der Waals surface area contributed by atoms with Gasteiger partial charge in [0.1, 0.15) is 0 Å². The summed E-state index contributed by atoms with van der Waals surface area (Å²) in [6.07, 6.45) is 8.76. The maximum absolute atomic E-state index is 4.05. The Morgan fingerprint density at radius 2 is 1.69 bits per heavy atom. The van der Waals surface area contributed by atoms with Crippen LogP contribution in [-0.4, -0.2) is 11.0 Å². The van der Waals surface area contributed by atoms with Crippen LogP contribution in [0.1, 0.15) is 58.1 Å². The van der Waals surface area contributed by atoms with Crippen molar-refractivity contribution in [1.82, 2.24) is 10.3 Å². The van der Waals surface area contributed by atoms with E-state index in [1.807, 2.05) is 12.4 Å². The van der Waals surface area contributed by atoms with Gasteiger partial charge < -0.3 is 5.32 Å². The predicted molar refractivity (Wildman–Crippen MR) is 69.4 cm³/mol. The number of nitrogens with one attached hydrogen (secondary N) is 1. The molecule has 0 radical (unpaired) electrons. The summed E-state index contributed by atoms with van der Waals surface area (Å²) in [5, 5.41) is 3.71. The molecule has 0 unspecified atom stereocenters. The van der Waals surface area contributed by atoms with Crippen LogP contribution in [-0.2, 0) is 0 Å². The zero-order chi connectivity index (χ0) is 11.8. The van der Waals surface area contributed by atoms with Crippen LogP contribution in [0.15, 0.2) is 24.5 Å². The van der Waals surface area contributed by atoms with Crippen molar-refractivity contribution in [3.63, 3.8) is 0 Å². The van der Waals surface area contributed by atoms with Gasteiger partial charge in [0.2, 0.25) is 0 Å². The van der Waals surface area contributed by atoms with E-state index in [0.717, 1.165) is 0 Å². The number of pyridine rings is 1. The summed E-state index contributed by atoms with van der Waals surface area (Å²) in [4.78, 5) is 4.05. The van der Waals surface area contributed by atoms with Gasteiger partial charge in [-0.25, -0.2) is 0 Å². The van der Waals surface area contributed by atoms with Crippen molar-refractivity contribution < 1.29 is 0 Å². The van der Waals surface area contributed by atoms with Gasteiger partial charge >= 0.3 is 0 Å². The van der Waals surface area contributed by atoms with E-state index in [1.54, 1.807) is 0 Å². The van der Waals surface area contributed by atoms with Crippen LogP contribution in [0.2, 0.25) is 0 Å². The van der Waals surface area contributed by atoms with Crippen LogP contribution < -0.4 is 5.32 Å². The minimum atomic E-state index is 0.422. The van der Waals surface area contributed by atoms with Crippen molar-refractivity contribution in [3.8, 4) is 0 Å². The van der Waals surface area contributed by atoms with E-state index in [0.29, 0.717) is 12.1 Å². The van der Waals surface area contributed by atoms with Gasteiger partial charge in [0.25, 0.3) is 0 Å². The third-order valence-electron chi connectivity index (χ3n) is 2.97. The zero-order valence-corrected chi connectivity index (χ0v) is 10.7. The molecule has 1 N–H and O–H groups in total. The second-order valence-corrected chi connectivity index (χ2v) is 4.44. The van der Waals surface area contributed by atoms with E-state index in [2.05, 4.69) is 43.2 Å². The molecule has 2 heteroatoms. The first-order valence-corrected chi connectivity index (χ1v) is 6.43. The first-order chi connectivity index (χ1) is 7.77. The molecule has 0 fully saturated rings. The Balaban J connectivity index is 2.50. The number of nitrogens with zero attached hydrogens (tertiary/aromatic N) is 1. The Hall–Kier alpha value is -0.890. The largest absolute Gasteiger partial charge is 0.307 e. The van der Waals surface area contributed by atoms with Gasteiger partial charge in [0, 0.05) is 24.5 Å². The van der Waals surface area contributed by atoms with E-state index in [-0.39, 0.29) is 0 Å². The third kappa shape index (κ3) is 4.31. The second kappa shape index (κ2) is 7.39. The van der Waals surface area contributed by atoms with E-state index in [9.17, 15) is 0 Å². The minimum Gasteiger partial charge on any atom is -0.307 e. The molecule has 0 spiro atoms. The summed E-state index contributed by atoms with van der Waals surface area (Å²) in [5.41, 5.74) is 1.33. The van der Waals surface area contributed by atoms with Crippen molar-refractivity contribution in [2.45, 2.75) is 58.5 Å². The summed E-state index contributed by atoms with van der Waals surface area (Å²) >= 11 is 0. The van der Waals surface area contributed by atoms with Gasteiger partial charge in [-0.1, -0.05) is 26.7 Å². The lowest BCUT2D eigenvalue weighted by Gasteiger charge is -2.23. The van der Waals surface area contributed by atoms with Crippen molar-refractivity contribution in [2.24, 2.45) is 0 Å². The fourth-order valence-corrected chi connectivity index (χ4v) is 2.11. The molecule has 0 amide bonds. The monoisotopic (exact) mass is 220 g/mol. The Morgan fingerprint density at radius 1 is 1.12 bits per heavy atom. The molecular weight excluding hydrogens is 196 g/mol. The predicted octanol–water partition coefficient (Wildman–Crippen LogP) is 3.70. The van der Waals surface area contributed by atoms with E-state index < -0.39 is 0 Å². The van der Waals surface area contributed by atoms with Gasteiger partial charge in [0.05, 0.1) is 0 Å². The maximum atomic E-state index is 4.05. The second-order valence-electron chi connectivity index (χ2n) is 4.44. The molecule has 0 bridgehead atoms. The quantitative estimate of drug-likeness (QED) is 0.758. The molecule has 0 aliphatic carbocycles. The average Bonchev–Trinajstić information content (AvgIpc) is 2.31. The Bertz CT molecular complexity index is 265. The molecule has 0 aromatic carbocycles. The third-order valence-corrected chi connectivity index (χ3v) is 2.97. The van der Waals surface area contributed by atoms with E-state index >= 15 is 0 Å². The van der Waals surface area contributed by atoms with Crippen molar-refractivity contribution in [1.29, 1.82) is 0 Å². The van der Waals surface area contributed by atoms with Crippen molar-refractivity contribution >= 4 is 0 Å². The van der Waals surface area contributed by atoms with Crippen molar-refractivity contribution in [2.75, 3.05) is 0 Å². The maximum Gasteiger partial charge on any atom is 0.0295 e. The number of rotatable bonds is 7. The highest BCUT2D eigenvalue weighted by molar-refractivity contribution is 5.14. The molecular formula is C14H24N2. The minimum absolute atomic E-state index is 0.422. The van der Waals surface area contributed by atoms with Crippen LogP contribution in [0.3, 0.4) is 0 Å².